The predicted molar refractivity (Wildman–Crippen MR) is 62.1 cm³/mol. The molecule has 0 aliphatic rings. The van der Waals surface area contributed by atoms with Crippen molar-refractivity contribution in [3.63, 3.8) is 0 Å². The summed E-state index contributed by atoms with van der Waals surface area (Å²) in [5.74, 6) is -0.439. The second-order valence-electron chi connectivity index (χ2n) is 3.63. The molecule has 0 saturated heterocycles. The number of carboxylic acids is 1. The Hall–Kier alpha value is -2.02. The summed E-state index contributed by atoms with van der Waals surface area (Å²) in [5, 5.41) is 22.2. The van der Waals surface area contributed by atoms with E-state index in [9.17, 15) is 9.59 Å². The molecule has 1 atom stereocenters. The maximum Gasteiger partial charge on any atom is 0.326 e. The van der Waals surface area contributed by atoms with Crippen LogP contribution in [0.5, 0.6) is 0 Å². The van der Waals surface area contributed by atoms with Gasteiger partial charge in [0.15, 0.2) is 0 Å². The normalized spacial score (nSPS) is 11.8. The fourth-order valence-corrected chi connectivity index (χ4v) is 1.35. The van der Waals surface area contributed by atoms with Crippen molar-refractivity contribution in [1.82, 2.24) is 10.6 Å². The molecule has 1 aromatic rings. The predicted octanol–water partition coefficient (Wildman–Crippen LogP) is -0.0431. The molecule has 1 heterocycles. The lowest BCUT2D eigenvalue weighted by molar-refractivity contribution is -0.139. The molecule has 1 rings (SSSR count). The number of carbonyl (C=O) groups excluding carboxylic acids is 1. The zero-order valence-electron chi connectivity index (χ0n) is 9.76. The van der Waals surface area contributed by atoms with Crippen LogP contribution in [0.3, 0.4) is 0 Å². The van der Waals surface area contributed by atoms with E-state index >= 15 is 0 Å². The summed E-state index contributed by atoms with van der Waals surface area (Å²) in [6.07, 6.45) is 2.04. The number of aliphatic hydroxyl groups excluding tert-OH is 1. The Balaban J connectivity index is 2.25. The van der Waals surface area contributed by atoms with Crippen LogP contribution in [0, 0.1) is 0 Å². The Kier molecular flexibility index (Phi) is 5.72. The molecule has 100 valence electrons. The lowest BCUT2D eigenvalue weighted by Gasteiger charge is -2.13. The first-order chi connectivity index (χ1) is 8.63. The molecule has 0 radical (unpaired) electrons. The fourth-order valence-electron chi connectivity index (χ4n) is 1.35. The van der Waals surface area contributed by atoms with E-state index in [0.29, 0.717) is 13.0 Å². The second kappa shape index (κ2) is 7.33. The average Bonchev–Trinajstić information content (AvgIpc) is 2.81. The molecule has 7 nitrogen and oxygen atoms in total. The molecule has 18 heavy (non-hydrogen) atoms. The molecule has 1 aromatic heterocycles. The highest BCUT2D eigenvalue weighted by atomic mass is 16.4. The molecule has 0 spiro atoms. The molecule has 0 aliphatic carbocycles. The van der Waals surface area contributed by atoms with E-state index in [1.165, 1.54) is 6.26 Å². The third kappa shape index (κ3) is 4.88. The first-order valence-electron chi connectivity index (χ1n) is 5.54. The quantitative estimate of drug-likeness (QED) is 0.546. The molecule has 7 heteroatoms. The van der Waals surface area contributed by atoms with Crippen LogP contribution < -0.4 is 10.6 Å². The number of carboxylic acid groups (broad SMARTS) is 1. The summed E-state index contributed by atoms with van der Waals surface area (Å²) in [6, 6.07) is 1.86. The van der Waals surface area contributed by atoms with Crippen molar-refractivity contribution in [1.29, 1.82) is 0 Å². The lowest BCUT2D eigenvalue weighted by Crippen LogP contribution is -2.46. The van der Waals surface area contributed by atoms with Gasteiger partial charge in [-0.25, -0.2) is 9.59 Å². The third-order valence-corrected chi connectivity index (χ3v) is 2.26. The SMILES string of the molecule is O=C(NCCc1ccco1)NC(CCO)C(=O)O. The summed E-state index contributed by atoms with van der Waals surface area (Å²) in [4.78, 5) is 22.1. The summed E-state index contributed by atoms with van der Waals surface area (Å²) in [5.41, 5.74) is 0. The minimum Gasteiger partial charge on any atom is -0.480 e. The third-order valence-electron chi connectivity index (χ3n) is 2.26. The number of rotatable bonds is 7. The van der Waals surface area contributed by atoms with E-state index in [4.69, 9.17) is 14.6 Å². The van der Waals surface area contributed by atoms with E-state index < -0.39 is 18.0 Å². The number of hydrogen-bond donors (Lipinski definition) is 4. The van der Waals surface area contributed by atoms with Gasteiger partial charge in [-0.3, -0.25) is 0 Å². The molecule has 4 N–H and O–H groups in total. The Morgan fingerprint density at radius 1 is 1.44 bits per heavy atom. The van der Waals surface area contributed by atoms with Crippen molar-refractivity contribution in [2.45, 2.75) is 18.9 Å². The van der Waals surface area contributed by atoms with Gasteiger partial charge in [0.2, 0.25) is 0 Å². The molecular formula is C11H16N2O5. The molecule has 0 bridgehead atoms. The van der Waals surface area contributed by atoms with Crippen molar-refractivity contribution in [2.75, 3.05) is 13.2 Å². The zero-order chi connectivity index (χ0) is 13.4. The smallest absolute Gasteiger partial charge is 0.326 e. The van der Waals surface area contributed by atoms with E-state index in [-0.39, 0.29) is 13.0 Å². The number of urea groups is 1. The van der Waals surface area contributed by atoms with Crippen molar-refractivity contribution in [2.24, 2.45) is 0 Å². The Bertz CT molecular complexity index is 377. The Morgan fingerprint density at radius 2 is 2.22 bits per heavy atom. The molecule has 1 unspecified atom stereocenters. The van der Waals surface area contributed by atoms with Gasteiger partial charge in [-0.05, 0) is 12.1 Å². The van der Waals surface area contributed by atoms with Gasteiger partial charge in [-0.1, -0.05) is 0 Å². The van der Waals surface area contributed by atoms with Crippen LogP contribution in [-0.2, 0) is 11.2 Å². The number of nitrogens with one attached hydrogen (secondary N) is 2. The molecule has 0 aliphatic heterocycles. The zero-order valence-corrected chi connectivity index (χ0v) is 9.76. The minimum atomic E-state index is -1.18. The van der Waals surface area contributed by atoms with Gasteiger partial charge in [0, 0.05) is 26.0 Å². The van der Waals surface area contributed by atoms with Gasteiger partial charge in [0.1, 0.15) is 11.8 Å². The largest absolute Gasteiger partial charge is 0.480 e. The van der Waals surface area contributed by atoms with Crippen LogP contribution >= 0.6 is 0 Å². The van der Waals surface area contributed by atoms with Crippen molar-refractivity contribution < 1.29 is 24.2 Å². The molecule has 2 amide bonds. The number of aliphatic carboxylic acids is 1. The number of carbonyl (C=O) groups is 2. The Morgan fingerprint density at radius 3 is 2.78 bits per heavy atom. The van der Waals surface area contributed by atoms with E-state index in [2.05, 4.69) is 10.6 Å². The number of amides is 2. The van der Waals surface area contributed by atoms with Gasteiger partial charge in [0.25, 0.3) is 0 Å². The summed E-state index contributed by atoms with van der Waals surface area (Å²) >= 11 is 0. The van der Waals surface area contributed by atoms with Gasteiger partial charge in [-0.2, -0.15) is 0 Å². The van der Waals surface area contributed by atoms with Crippen LogP contribution in [-0.4, -0.2) is 41.4 Å². The van der Waals surface area contributed by atoms with Crippen LogP contribution in [0.25, 0.3) is 0 Å². The van der Waals surface area contributed by atoms with Gasteiger partial charge < -0.3 is 25.3 Å². The molecule has 0 saturated carbocycles. The summed E-state index contributed by atoms with van der Waals surface area (Å²) < 4.78 is 5.07. The average molecular weight is 256 g/mol. The Labute approximate surface area is 104 Å². The first kappa shape index (κ1) is 14.0. The maximum absolute atomic E-state index is 11.4. The van der Waals surface area contributed by atoms with Gasteiger partial charge in [-0.15, -0.1) is 0 Å². The molecular weight excluding hydrogens is 240 g/mol. The maximum atomic E-state index is 11.4. The second-order valence-corrected chi connectivity index (χ2v) is 3.63. The van der Waals surface area contributed by atoms with Crippen molar-refractivity contribution in [3.8, 4) is 0 Å². The molecule has 0 fully saturated rings. The van der Waals surface area contributed by atoms with Crippen LogP contribution in [0.15, 0.2) is 22.8 Å². The highest BCUT2D eigenvalue weighted by Gasteiger charge is 2.18. The van der Waals surface area contributed by atoms with Gasteiger partial charge >= 0.3 is 12.0 Å². The first-order valence-corrected chi connectivity index (χ1v) is 5.54. The topological polar surface area (TPSA) is 112 Å². The number of hydrogen-bond acceptors (Lipinski definition) is 4. The van der Waals surface area contributed by atoms with E-state index in [1.54, 1.807) is 12.1 Å². The summed E-state index contributed by atoms with van der Waals surface area (Å²) in [6.45, 7) is 0.0362. The highest BCUT2D eigenvalue weighted by Crippen LogP contribution is 1.99. The number of aliphatic hydroxyl groups is 1. The standard InChI is InChI=1S/C11H16N2O5/c14-6-4-9(10(15)16)13-11(17)12-5-3-8-2-1-7-18-8/h1-2,7,9,14H,3-6H2,(H,15,16)(H2,12,13,17). The minimum absolute atomic E-state index is 0.0268. The summed E-state index contributed by atoms with van der Waals surface area (Å²) in [7, 11) is 0. The van der Waals surface area contributed by atoms with Crippen LogP contribution in [0.4, 0.5) is 4.79 Å². The van der Waals surface area contributed by atoms with E-state index in [0.717, 1.165) is 5.76 Å². The molecule has 0 aromatic carbocycles. The number of furan rings is 1. The fraction of sp³-hybridized carbons (Fsp3) is 0.455. The van der Waals surface area contributed by atoms with Crippen molar-refractivity contribution in [3.05, 3.63) is 24.2 Å². The van der Waals surface area contributed by atoms with E-state index in [1.807, 2.05) is 0 Å². The monoisotopic (exact) mass is 256 g/mol. The van der Waals surface area contributed by atoms with Crippen LogP contribution in [0.2, 0.25) is 0 Å². The lowest BCUT2D eigenvalue weighted by atomic mass is 10.2. The van der Waals surface area contributed by atoms with Crippen LogP contribution in [0.1, 0.15) is 12.2 Å². The van der Waals surface area contributed by atoms with Crippen molar-refractivity contribution >= 4 is 12.0 Å². The van der Waals surface area contributed by atoms with Gasteiger partial charge in [0.05, 0.1) is 6.26 Å². The highest BCUT2D eigenvalue weighted by molar-refractivity contribution is 5.82.